The first-order chi connectivity index (χ1) is 21.3. The number of aryl methyl sites for hydroxylation is 1. The Labute approximate surface area is 258 Å². The van der Waals surface area contributed by atoms with Gasteiger partial charge in [-0.15, -0.1) is 0 Å². The maximum atomic E-state index is 13.5. The van der Waals surface area contributed by atoms with Gasteiger partial charge >= 0.3 is 0 Å². The second-order valence-electron chi connectivity index (χ2n) is 11.8. The van der Waals surface area contributed by atoms with Crippen molar-refractivity contribution in [3.63, 3.8) is 0 Å². The topological polar surface area (TPSA) is 121 Å². The smallest absolute Gasteiger partial charge is 0.254 e. The molecule has 0 bridgehead atoms. The fourth-order valence-corrected chi connectivity index (χ4v) is 5.58. The Morgan fingerprint density at radius 3 is 2.59 bits per heavy atom. The SMILES string of the molecule is Cc1coc([C@H]2CCCN2C(=O)c2cccc(C(=O)N[C@@H](Cc3ccccc3)[C@H](O)CNCc3cncc(C(C)C)c3)c2)n1. The van der Waals surface area contributed by atoms with Crippen LogP contribution in [0, 0.1) is 6.92 Å². The molecule has 230 valence electrons. The van der Waals surface area contributed by atoms with E-state index in [0.717, 1.165) is 35.2 Å². The van der Waals surface area contributed by atoms with Crippen LogP contribution in [0.5, 0.6) is 0 Å². The Hall–Kier alpha value is -4.34. The number of nitrogens with zero attached hydrogens (tertiary/aromatic N) is 3. The van der Waals surface area contributed by atoms with Gasteiger partial charge in [0, 0.05) is 43.2 Å². The number of aliphatic hydroxyl groups excluding tert-OH is 1. The number of hydrogen-bond donors (Lipinski definition) is 3. The van der Waals surface area contributed by atoms with Crippen LogP contribution in [0.4, 0.5) is 0 Å². The summed E-state index contributed by atoms with van der Waals surface area (Å²) >= 11 is 0. The van der Waals surface area contributed by atoms with Crippen molar-refractivity contribution in [1.82, 2.24) is 25.5 Å². The van der Waals surface area contributed by atoms with Crippen molar-refractivity contribution in [3.8, 4) is 0 Å². The molecule has 2 amide bonds. The standard InChI is InChI=1S/C35H41N5O4/c1-23(2)29-15-26(18-36-20-29)19-37-21-32(41)30(16-25-9-5-4-6-10-25)39-33(42)27-11-7-12-28(17-27)35(43)40-14-8-13-31(40)34-38-24(3)22-44-34/h4-7,9-12,15,17-18,20,22-23,30-32,37,41H,8,13-14,16,19,21H2,1-3H3,(H,39,42)/t30-,31+,32+/m0/s1. The summed E-state index contributed by atoms with van der Waals surface area (Å²) in [5.74, 6) is 0.396. The molecule has 0 unspecified atom stereocenters. The second kappa shape index (κ2) is 14.4. The van der Waals surface area contributed by atoms with E-state index in [1.165, 1.54) is 0 Å². The fraction of sp³-hybridized carbons (Fsp3) is 0.371. The quantitative estimate of drug-likeness (QED) is 0.212. The number of likely N-dealkylation sites (tertiary alicyclic amines) is 1. The molecule has 1 saturated heterocycles. The van der Waals surface area contributed by atoms with E-state index in [4.69, 9.17) is 4.42 Å². The Kier molecular flexibility index (Phi) is 10.2. The summed E-state index contributed by atoms with van der Waals surface area (Å²) in [7, 11) is 0. The average Bonchev–Trinajstić information content (AvgIpc) is 3.70. The van der Waals surface area contributed by atoms with Crippen molar-refractivity contribution in [2.24, 2.45) is 0 Å². The molecule has 0 saturated carbocycles. The third-order valence-electron chi connectivity index (χ3n) is 8.05. The van der Waals surface area contributed by atoms with Crippen molar-refractivity contribution < 1.29 is 19.1 Å². The number of aliphatic hydroxyl groups is 1. The zero-order valence-electron chi connectivity index (χ0n) is 25.6. The van der Waals surface area contributed by atoms with E-state index < -0.39 is 12.1 Å². The average molecular weight is 596 g/mol. The van der Waals surface area contributed by atoms with Crippen molar-refractivity contribution in [1.29, 1.82) is 0 Å². The van der Waals surface area contributed by atoms with E-state index in [9.17, 15) is 14.7 Å². The molecule has 2 aromatic heterocycles. The molecule has 4 aromatic rings. The number of oxazole rings is 1. The van der Waals surface area contributed by atoms with E-state index in [1.54, 1.807) is 35.4 Å². The molecular weight excluding hydrogens is 554 g/mol. The number of carbonyl (C=O) groups is 2. The van der Waals surface area contributed by atoms with Crippen LogP contribution >= 0.6 is 0 Å². The summed E-state index contributed by atoms with van der Waals surface area (Å²) in [6, 6.07) is 17.8. The lowest BCUT2D eigenvalue weighted by molar-refractivity contribution is 0.0715. The minimum absolute atomic E-state index is 0.168. The van der Waals surface area contributed by atoms with E-state index >= 15 is 0 Å². The van der Waals surface area contributed by atoms with Crippen molar-refractivity contribution in [2.75, 3.05) is 13.1 Å². The summed E-state index contributed by atoms with van der Waals surface area (Å²) in [5.41, 5.74) is 4.74. The molecule has 9 nitrogen and oxygen atoms in total. The van der Waals surface area contributed by atoms with E-state index in [2.05, 4.69) is 40.5 Å². The molecule has 0 radical (unpaired) electrons. The molecule has 3 atom stereocenters. The van der Waals surface area contributed by atoms with Crippen LogP contribution in [-0.4, -0.2) is 57.0 Å². The van der Waals surface area contributed by atoms with E-state index in [0.29, 0.717) is 42.4 Å². The summed E-state index contributed by atoms with van der Waals surface area (Å²) in [4.78, 5) is 37.6. The van der Waals surface area contributed by atoms with Crippen molar-refractivity contribution in [3.05, 3.63) is 119 Å². The summed E-state index contributed by atoms with van der Waals surface area (Å²) < 4.78 is 5.61. The lowest BCUT2D eigenvalue weighted by atomic mass is 10.00. The number of nitrogens with one attached hydrogen (secondary N) is 2. The first-order valence-electron chi connectivity index (χ1n) is 15.3. The van der Waals surface area contributed by atoms with Gasteiger partial charge in [-0.2, -0.15) is 0 Å². The minimum atomic E-state index is -0.861. The van der Waals surface area contributed by atoms with Gasteiger partial charge in [0.2, 0.25) is 5.89 Å². The molecule has 3 N–H and O–H groups in total. The largest absolute Gasteiger partial charge is 0.446 e. The predicted molar refractivity (Wildman–Crippen MR) is 168 cm³/mol. The minimum Gasteiger partial charge on any atom is -0.446 e. The molecule has 9 heteroatoms. The van der Waals surface area contributed by atoms with Gasteiger partial charge in [0.25, 0.3) is 11.8 Å². The molecule has 2 aromatic carbocycles. The first-order valence-corrected chi connectivity index (χ1v) is 15.3. The summed E-state index contributed by atoms with van der Waals surface area (Å²) in [5, 5.41) is 17.6. The van der Waals surface area contributed by atoms with Gasteiger partial charge < -0.3 is 25.1 Å². The van der Waals surface area contributed by atoms with Crippen LogP contribution < -0.4 is 10.6 Å². The molecule has 1 aliphatic rings. The van der Waals surface area contributed by atoms with Gasteiger partial charge in [-0.05, 0) is 67.0 Å². The van der Waals surface area contributed by atoms with Crippen LogP contribution in [0.15, 0.2) is 83.7 Å². The monoisotopic (exact) mass is 595 g/mol. The van der Waals surface area contributed by atoms with Gasteiger partial charge in [-0.25, -0.2) is 4.98 Å². The third kappa shape index (κ3) is 7.78. The second-order valence-corrected chi connectivity index (χ2v) is 11.8. The fourth-order valence-electron chi connectivity index (χ4n) is 5.58. The zero-order valence-corrected chi connectivity index (χ0v) is 25.6. The highest BCUT2D eigenvalue weighted by Crippen LogP contribution is 2.32. The molecule has 1 fully saturated rings. The maximum absolute atomic E-state index is 13.5. The van der Waals surface area contributed by atoms with Gasteiger partial charge in [0.15, 0.2) is 0 Å². The highest BCUT2D eigenvalue weighted by molar-refractivity contribution is 6.00. The van der Waals surface area contributed by atoms with Crippen LogP contribution in [0.1, 0.15) is 87.6 Å². The van der Waals surface area contributed by atoms with Crippen LogP contribution in [0.3, 0.4) is 0 Å². The highest BCUT2D eigenvalue weighted by atomic mass is 16.3. The third-order valence-corrected chi connectivity index (χ3v) is 8.05. The number of amides is 2. The Morgan fingerprint density at radius 2 is 1.84 bits per heavy atom. The molecule has 0 aliphatic carbocycles. The van der Waals surface area contributed by atoms with Gasteiger partial charge in [0.1, 0.15) is 12.3 Å². The van der Waals surface area contributed by atoms with Crippen molar-refractivity contribution in [2.45, 2.75) is 70.7 Å². The lowest BCUT2D eigenvalue weighted by Crippen LogP contribution is -2.48. The predicted octanol–water partition coefficient (Wildman–Crippen LogP) is 4.97. The molecule has 3 heterocycles. The lowest BCUT2D eigenvalue weighted by Gasteiger charge is -2.25. The molecule has 0 spiro atoms. The molecule has 5 rings (SSSR count). The number of hydrogen-bond acceptors (Lipinski definition) is 7. The number of pyridine rings is 1. The number of rotatable bonds is 12. The Balaban J connectivity index is 1.26. The molecular formula is C35H41N5O4. The number of aromatic nitrogens is 2. The van der Waals surface area contributed by atoms with Crippen molar-refractivity contribution >= 4 is 11.8 Å². The van der Waals surface area contributed by atoms with Crippen LogP contribution in [0.25, 0.3) is 0 Å². The van der Waals surface area contributed by atoms with Gasteiger partial charge in [-0.1, -0.05) is 56.3 Å². The number of benzene rings is 2. The van der Waals surface area contributed by atoms with E-state index in [1.807, 2.05) is 49.6 Å². The molecule has 44 heavy (non-hydrogen) atoms. The highest BCUT2D eigenvalue weighted by Gasteiger charge is 2.34. The van der Waals surface area contributed by atoms with Crippen LogP contribution in [-0.2, 0) is 13.0 Å². The van der Waals surface area contributed by atoms with Gasteiger partial charge in [0.05, 0.1) is 17.8 Å². The number of carbonyl (C=O) groups excluding carboxylic acids is 2. The van der Waals surface area contributed by atoms with E-state index in [-0.39, 0.29) is 24.4 Å². The van der Waals surface area contributed by atoms with Gasteiger partial charge in [-0.3, -0.25) is 14.6 Å². The Morgan fingerprint density at radius 1 is 1.05 bits per heavy atom. The maximum Gasteiger partial charge on any atom is 0.254 e. The normalized spacial score (nSPS) is 16.2. The molecule has 1 aliphatic heterocycles. The first kappa shape index (κ1) is 31.1. The summed E-state index contributed by atoms with van der Waals surface area (Å²) in [6.45, 7) is 7.53. The Bertz CT molecular complexity index is 1550. The summed E-state index contributed by atoms with van der Waals surface area (Å²) in [6.07, 6.45) is 6.50. The van der Waals surface area contributed by atoms with Crippen LogP contribution in [0.2, 0.25) is 0 Å². The zero-order chi connectivity index (χ0) is 31.1.